The molecule has 1 aliphatic heterocycles. The van der Waals surface area contributed by atoms with E-state index in [0.29, 0.717) is 17.3 Å². The van der Waals surface area contributed by atoms with Crippen LogP contribution in [-0.2, 0) is 9.59 Å². The number of benzene rings is 1. The van der Waals surface area contributed by atoms with Gasteiger partial charge in [-0.2, -0.15) is 0 Å². The topological polar surface area (TPSA) is 58.2 Å². The van der Waals surface area contributed by atoms with E-state index in [1.54, 1.807) is 6.07 Å². The molecule has 1 aromatic carbocycles. The van der Waals surface area contributed by atoms with E-state index in [-0.39, 0.29) is 29.0 Å². The fraction of sp³-hybridized carbons (Fsp3) is 0.467. The first-order valence-corrected chi connectivity index (χ1v) is 7.18. The maximum atomic E-state index is 11.6. The minimum Gasteiger partial charge on any atom is -0.324 e. The Morgan fingerprint density at radius 1 is 1.20 bits per heavy atom. The molecule has 3 rings (SSSR count). The van der Waals surface area contributed by atoms with E-state index in [1.807, 2.05) is 12.1 Å². The standard InChI is InChI=1S/C15H17ClN2O2/c1-15(2)7-9(15)14(16)8-3-4-10-11(5-8)18-13(20)6-12(19)17-10/h3-5,9,14H,6-7H2,1-2H3,(H,17,19)(H,18,20). The number of alkyl halides is 1. The second-order valence-corrected chi connectivity index (χ2v) is 6.75. The van der Waals surface area contributed by atoms with Crippen molar-refractivity contribution in [2.75, 3.05) is 10.6 Å². The van der Waals surface area contributed by atoms with Crippen LogP contribution in [0.3, 0.4) is 0 Å². The van der Waals surface area contributed by atoms with E-state index in [2.05, 4.69) is 24.5 Å². The summed E-state index contributed by atoms with van der Waals surface area (Å²) in [6.45, 7) is 4.41. The number of hydrogen-bond donors (Lipinski definition) is 2. The van der Waals surface area contributed by atoms with Crippen LogP contribution in [0, 0.1) is 11.3 Å². The van der Waals surface area contributed by atoms with Crippen molar-refractivity contribution in [3.8, 4) is 0 Å². The molecule has 5 heteroatoms. The molecule has 1 saturated carbocycles. The highest BCUT2D eigenvalue weighted by Gasteiger charge is 2.50. The molecule has 20 heavy (non-hydrogen) atoms. The Bertz CT molecular complexity index is 598. The van der Waals surface area contributed by atoms with Gasteiger partial charge in [-0.1, -0.05) is 19.9 Å². The Balaban J connectivity index is 1.89. The van der Waals surface area contributed by atoms with Crippen LogP contribution in [0.15, 0.2) is 18.2 Å². The van der Waals surface area contributed by atoms with Crippen molar-refractivity contribution < 1.29 is 9.59 Å². The van der Waals surface area contributed by atoms with Crippen LogP contribution in [0.2, 0.25) is 0 Å². The van der Waals surface area contributed by atoms with Gasteiger partial charge in [0.2, 0.25) is 11.8 Å². The Morgan fingerprint density at radius 3 is 2.40 bits per heavy atom. The third kappa shape index (κ3) is 2.40. The van der Waals surface area contributed by atoms with Gasteiger partial charge >= 0.3 is 0 Å². The first kappa shape index (κ1) is 13.4. The van der Waals surface area contributed by atoms with Crippen molar-refractivity contribution in [2.45, 2.75) is 32.1 Å². The zero-order valence-corrected chi connectivity index (χ0v) is 12.3. The number of anilines is 2. The largest absolute Gasteiger partial charge is 0.324 e. The number of hydrogen-bond acceptors (Lipinski definition) is 2. The Hall–Kier alpha value is -1.55. The van der Waals surface area contributed by atoms with Crippen LogP contribution in [0.4, 0.5) is 11.4 Å². The lowest BCUT2D eigenvalue weighted by molar-refractivity contribution is -0.123. The average Bonchev–Trinajstić information content (AvgIpc) is 3.01. The van der Waals surface area contributed by atoms with Gasteiger partial charge in [-0.25, -0.2) is 0 Å². The van der Waals surface area contributed by atoms with Gasteiger partial charge in [-0.05, 0) is 35.4 Å². The smallest absolute Gasteiger partial charge is 0.233 e. The highest BCUT2D eigenvalue weighted by Crippen LogP contribution is 2.60. The molecule has 2 atom stereocenters. The number of carbonyl (C=O) groups is 2. The van der Waals surface area contributed by atoms with Gasteiger partial charge < -0.3 is 10.6 Å². The summed E-state index contributed by atoms with van der Waals surface area (Å²) in [7, 11) is 0. The third-order valence-electron chi connectivity index (χ3n) is 4.17. The van der Waals surface area contributed by atoms with Crippen molar-refractivity contribution in [3.05, 3.63) is 23.8 Å². The quantitative estimate of drug-likeness (QED) is 0.649. The molecule has 2 amide bonds. The van der Waals surface area contributed by atoms with Crippen LogP contribution >= 0.6 is 11.6 Å². The number of nitrogens with one attached hydrogen (secondary N) is 2. The Morgan fingerprint density at radius 2 is 1.80 bits per heavy atom. The van der Waals surface area contributed by atoms with Crippen LogP contribution in [-0.4, -0.2) is 11.8 Å². The minimum atomic E-state index is -0.295. The lowest BCUT2D eigenvalue weighted by Gasteiger charge is -2.15. The molecule has 1 aromatic rings. The number of carbonyl (C=O) groups excluding carboxylic acids is 2. The normalized spacial score (nSPS) is 25.1. The van der Waals surface area contributed by atoms with Gasteiger partial charge in [0.25, 0.3) is 0 Å². The Labute approximate surface area is 122 Å². The molecule has 0 spiro atoms. The van der Waals surface area contributed by atoms with E-state index in [4.69, 9.17) is 11.6 Å². The van der Waals surface area contributed by atoms with E-state index >= 15 is 0 Å². The number of amides is 2. The lowest BCUT2D eigenvalue weighted by Crippen LogP contribution is -2.16. The minimum absolute atomic E-state index is 0.0637. The Kier molecular flexibility index (Phi) is 3.01. The maximum absolute atomic E-state index is 11.6. The number of halogens is 1. The van der Waals surface area contributed by atoms with Gasteiger partial charge in [-0.15, -0.1) is 11.6 Å². The summed E-state index contributed by atoms with van der Waals surface area (Å²) in [5.41, 5.74) is 2.53. The zero-order valence-electron chi connectivity index (χ0n) is 11.5. The fourth-order valence-electron chi connectivity index (χ4n) is 2.72. The van der Waals surface area contributed by atoms with Gasteiger partial charge in [0.05, 0.1) is 16.8 Å². The molecule has 1 heterocycles. The van der Waals surface area contributed by atoms with E-state index < -0.39 is 0 Å². The third-order valence-corrected chi connectivity index (χ3v) is 4.73. The molecule has 2 aliphatic rings. The predicted octanol–water partition coefficient (Wildman–Crippen LogP) is 3.29. The summed E-state index contributed by atoms with van der Waals surface area (Å²) in [4.78, 5) is 23.1. The molecular formula is C15H17ClN2O2. The highest BCUT2D eigenvalue weighted by atomic mass is 35.5. The monoisotopic (exact) mass is 292 g/mol. The van der Waals surface area contributed by atoms with Gasteiger partial charge in [-0.3, -0.25) is 9.59 Å². The summed E-state index contributed by atoms with van der Waals surface area (Å²) in [6.07, 6.45) is 0.964. The van der Waals surface area contributed by atoms with Crippen molar-refractivity contribution in [1.82, 2.24) is 0 Å². The van der Waals surface area contributed by atoms with E-state index in [9.17, 15) is 9.59 Å². The number of fused-ring (bicyclic) bond motifs is 1. The molecule has 2 N–H and O–H groups in total. The zero-order chi connectivity index (χ0) is 14.5. The molecule has 1 fully saturated rings. The van der Waals surface area contributed by atoms with Crippen LogP contribution in [0.5, 0.6) is 0 Å². The van der Waals surface area contributed by atoms with E-state index in [0.717, 1.165) is 12.0 Å². The SMILES string of the molecule is CC1(C)CC1C(Cl)c1ccc2c(c1)NC(=O)CC(=O)N2. The van der Waals surface area contributed by atoms with Crippen molar-refractivity contribution >= 4 is 34.8 Å². The molecular weight excluding hydrogens is 276 g/mol. The molecule has 106 valence electrons. The molecule has 0 radical (unpaired) electrons. The molecule has 2 unspecified atom stereocenters. The van der Waals surface area contributed by atoms with Crippen molar-refractivity contribution in [1.29, 1.82) is 0 Å². The second-order valence-electron chi connectivity index (χ2n) is 6.28. The van der Waals surface area contributed by atoms with Gasteiger partial charge in [0, 0.05) is 0 Å². The fourth-order valence-corrected chi connectivity index (χ4v) is 3.29. The molecule has 4 nitrogen and oxygen atoms in total. The lowest BCUT2D eigenvalue weighted by atomic mass is 10.0. The van der Waals surface area contributed by atoms with Crippen molar-refractivity contribution in [2.24, 2.45) is 11.3 Å². The first-order chi connectivity index (χ1) is 9.37. The molecule has 0 saturated heterocycles. The van der Waals surface area contributed by atoms with Crippen LogP contribution in [0.1, 0.15) is 37.6 Å². The summed E-state index contributed by atoms with van der Waals surface area (Å²) in [5.74, 6) is -0.130. The summed E-state index contributed by atoms with van der Waals surface area (Å²) in [6, 6.07) is 5.59. The average molecular weight is 293 g/mol. The highest BCUT2D eigenvalue weighted by molar-refractivity contribution is 6.21. The second kappa shape index (κ2) is 4.48. The molecule has 1 aliphatic carbocycles. The number of rotatable bonds is 2. The molecule has 0 bridgehead atoms. The van der Waals surface area contributed by atoms with E-state index in [1.165, 1.54) is 0 Å². The van der Waals surface area contributed by atoms with Crippen molar-refractivity contribution in [3.63, 3.8) is 0 Å². The summed E-state index contributed by atoms with van der Waals surface area (Å²) < 4.78 is 0. The van der Waals surface area contributed by atoms with Crippen LogP contribution in [0.25, 0.3) is 0 Å². The summed E-state index contributed by atoms with van der Waals surface area (Å²) in [5, 5.41) is 5.40. The van der Waals surface area contributed by atoms with Gasteiger partial charge in [0.1, 0.15) is 6.42 Å². The molecule has 0 aromatic heterocycles. The predicted molar refractivity (Wildman–Crippen MR) is 78.8 cm³/mol. The maximum Gasteiger partial charge on any atom is 0.233 e. The van der Waals surface area contributed by atoms with Crippen LogP contribution < -0.4 is 10.6 Å². The first-order valence-electron chi connectivity index (χ1n) is 6.74. The van der Waals surface area contributed by atoms with Gasteiger partial charge in [0.15, 0.2) is 0 Å². The summed E-state index contributed by atoms with van der Waals surface area (Å²) >= 11 is 6.54.